The van der Waals surface area contributed by atoms with Gasteiger partial charge in [0.1, 0.15) is 24.1 Å². The van der Waals surface area contributed by atoms with Gasteiger partial charge < -0.3 is 9.64 Å². The third kappa shape index (κ3) is 6.73. The molecule has 0 bridgehead atoms. The number of carbonyl (C=O) groups is 1. The van der Waals surface area contributed by atoms with Crippen molar-refractivity contribution >= 4 is 49.1 Å². The Hall–Kier alpha value is -5.26. The predicted octanol–water partition coefficient (Wildman–Crippen LogP) is 6.90. The molecule has 3 aromatic heterocycles. The maximum absolute atomic E-state index is 13.5. The van der Waals surface area contributed by atoms with Gasteiger partial charge in [0.2, 0.25) is 0 Å². The molecule has 2 N–H and O–H groups in total. The third-order valence-electron chi connectivity index (χ3n) is 8.02. The number of hydrogen-bond acceptors (Lipinski definition) is 12. The lowest BCUT2D eigenvalue weighted by atomic mass is 9.94. The second-order valence-corrected chi connectivity index (χ2v) is 13.1. The second kappa shape index (κ2) is 14.2. The minimum Gasteiger partial charge on any atom is -0.494 e. The molecule has 1 aliphatic heterocycles. The first-order chi connectivity index (χ1) is 23.6. The van der Waals surface area contributed by atoms with Crippen molar-refractivity contribution in [3.8, 4) is 23.1 Å². The van der Waals surface area contributed by atoms with Crippen molar-refractivity contribution in [3.63, 3.8) is 0 Å². The Morgan fingerprint density at radius 3 is 2.71 bits per heavy atom. The van der Waals surface area contributed by atoms with E-state index in [1.54, 1.807) is 17.5 Å². The fourth-order valence-electron chi connectivity index (χ4n) is 5.68. The smallest absolute Gasteiger partial charge is 0.257 e. The highest BCUT2D eigenvalue weighted by Gasteiger charge is 2.25. The zero-order valence-corrected chi connectivity index (χ0v) is 27.3. The molecule has 0 aliphatic carbocycles. The number of amides is 1. The summed E-state index contributed by atoms with van der Waals surface area (Å²) < 4.78 is 7.00. The van der Waals surface area contributed by atoms with Crippen molar-refractivity contribution in [2.45, 2.75) is 32.4 Å². The zero-order chi connectivity index (χ0) is 32.9. The third-order valence-corrected chi connectivity index (χ3v) is 10.2. The average Bonchev–Trinajstić information content (AvgIpc) is 3.73. The van der Waals surface area contributed by atoms with Crippen LogP contribution in [0.25, 0.3) is 21.5 Å². The molecule has 0 unspecified atom stereocenters. The lowest BCUT2D eigenvalue weighted by Gasteiger charge is -2.29. The van der Waals surface area contributed by atoms with E-state index < -0.39 is 0 Å². The number of ether oxygens (including phenoxy) is 1. The molecule has 1 aliphatic rings. The van der Waals surface area contributed by atoms with Gasteiger partial charge >= 0.3 is 0 Å². The molecular weight excluding hydrogens is 647 g/mol. The molecule has 11 nitrogen and oxygen atoms in total. The van der Waals surface area contributed by atoms with Crippen LogP contribution in [0.2, 0.25) is 0 Å². The number of thiazole rings is 2. The Morgan fingerprint density at radius 2 is 1.88 bits per heavy atom. The summed E-state index contributed by atoms with van der Waals surface area (Å²) in [7, 11) is 0. The summed E-state index contributed by atoms with van der Waals surface area (Å²) >= 11 is 3.02. The summed E-state index contributed by atoms with van der Waals surface area (Å²) in [6.07, 6.45) is 5.26. The lowest BCUT2D eigenvalue weighted by Crippen LogP contribution is -2.32. The van der Waals surface area contributed by atoms with Gasteiger partial charge in [0, 0.05) is 41.5 Å². The van der Waals surface area contributed by atoms with Crippen molar-refractivity contribution in [2.24, 2.45) is 0 Å². The molecule has 0 spiro atoms. The number of nitrogens with one attached hydrogen (secondary N) is 1. The fraction of sp³-hybridized carbons (Fsp3) is 0.200. The molecule has 7 rings (SSSR count). The van der Waals surface area contributed by atoms with E-state index in [1.165, 1.54) is 17.5 Å². The van der Waals surface area contributed by atoms with Gasteiger partial charge in [-0.25, -0.2) is 19.8 Å². The highest BCUT2D eigenvalue weighted by atomic mass is 32.1. The first kappa shape index (κ1) is 31.3. The SMILES string of the molecule is N#Cc1nccnc1-c1ccc(OCCCc2sc(N3CCc4cccc(C(=O)Nc5nc6ccccc6s5)c4C3)nc2COO)cc1. The van der Waals surface area contributed by atoms with Gasteiger partial charge in [0.15, 0.2) is 16.0 Å². The van der Waals surface area contributed by atoms with Crippen molar-refractivity contribution in [1.82, 2.24) is 19.9 Å². The molecule has 240 valence electrons. The number of benzene rings is 3. The van der Waals surface area contributed by atoms with Crippen LogP contribution in [-0.4, -0.2) is 44.3 Å². The molecule has 3 aromatic carbocycles. The molecule has 0 saturated heterocycles. The number of fused-ring (bicyclic) bond motifs is 2. The van der Waals surface area contributed by atoms with Gasteiger partial charge in [-0.3, -0.25) is 20.4 Å². The quantitative estimate of drug-likeness (QED) is 0.0845. The Kier molecular flexibility index (Phi) is 9.30. The van der Waals surface area contributed by atoms with Crippen LogP contribution in [0.4, 0.5) is 10.3 Å². The van der Waals surface area contributed by atoms with Crippen LogP contribution >= 0.6 is 22.7 Å². The molecular formula is C35H29N7O4S2. The Morgan fingerprint density at radius 1 is 1.02 bits per heavy atom. The molecule has 48 heavy (non-hydrogen) atoms. The minimum atomic E-state index is -0.183. The van der Waals surface area contributed by atoms with E-state index in [-0.39, 0.29) is 18.2 Å². The van der Waals surface area contributed by atoms with E-state index in [9.17, 15) is 15.3 Å². The number of carbonyl (C=O) groups excluding carboxylic acids is 1. The number of anilines is 2. The summed E-state index contributed by atoms with van der Waals surface area (Å²) in [5.41, 5.74) is 5.89. The normalized spacial score (nSPS) is 12.5. The monoisotopic (exact) mass is 675 g/mol. The zero-order valence-electron chi connectivity index (χ0n) is 25.6. The van der Waals surface area contributed by atoms with E-state index in [4.69, 9.17) is 9.72 Å². The Labute approximate surface area is 284 Å². The maximum atomic E-state index is 13.5. The van der Waals surface area contributed by atoms with Gasteiger partial charge in [0.25, 0.3) is 5.91 Å². The molecule has 0 atom stereocenters. The molecule has 6 aromatic rings. The van der Waals surface area contributed by atoms with E-state index in [2.05, 4.69) is 42.2 Å². The van der Waals surface area contributed by atoms with E-state index in [0.29, 0.717) is 47.4 Å². The van der Waals surface area contributed by atoms with E-state index in [1.807, 2.05) is 60.7 Å². The molecule has 4 heterocycles. The van der Waals surface area contributed by atoms with Crippen LogP contribution in [0.15, 0.2) is 79.1 Å². The van der Waals surface area contributed by atoms with Crippen molar-refractivity contribution in [1.29, 1.82) is 5.26 Å². The van der Waals surface area contributed by atoms with Crippen LogP contribution < -0.4 is 15.0 Å². The largest absolute Gasteiger partial charge is 0.494 e. The Balaban J connectivity index is 0.997. The average molecular weight is 676 g/mol. The first-order valence-electron chi connectivity index (χ1n) is 15.3. The van der Waals surface area contributed by atoms with Crippen molar-refractivity contribution in [2.75, 3.05) is 23.4 Å². The highest BCUT2D eigenvalue weighted by molar-refractivity contribution is 7.22. The van der Waals surface area contributed by atoms with Gasteiger partial charge in [-0.15, -0.1) is 11.3 Å². The topological polar surface area (TPSA) is 146 Å². The van der Waals surface area contributed by atoms with E-state index in [0.717, 1.165) is 56.3 Å². The van der Waals surface area contributed by atoms with Crippen molar-refractivity contribution in [3.05, 3.63) is 112 Å². The number of hydrogen-bond donors (Lipinski definition) is 2. The summed E-state index contributed by atoms with van der Waals surface area (Å²) in [6.45, 7) is 1.76. The number of nitrogens with zero attached hydrogens (tertiary/aromatic N) is 6. The maximum Gasteiger partial charge on any atom is 0.257 e. The van der Waals surface area contributed by atoms with Crippen LogP contribution in [0, 0.1) is 11.3 Å². The summed E-state index contributed by atoms with van der Waals surface area (Å²) in [5.74, 6) is 0.525. The Bertz CT molecular complexity index is 2090. The molecule has 1 amide bonds. The number of nitriles is 1. The summed E-state index contributed by atoms with van der Waals surface area (Å²) in [6, 6.07) is 23.2. The summed E-state index contributed by atoms with van der Waals surface area (Å²) in [5, 5.41) is 23.0. The number of aryl methyl sites for hydroxylation is 1. The van der Waals surface area contributed by atoms with Gasteiger partial charge in [-0.05, 0) is 72.9 Å². The molecule has 0 radical (unpaired) electrons. The second-order valence-electron chi connectivity index (χ2n) is 11.0. The van der Waals surface area contributed by atoms with Crippen LogP contribution in [-0.2, 0) is 30.9 Å². The summed E-state index contributed by atoms with van der Waals surface area (Å²) in [4.78, 5) is 38.9. The first-order valence-corrected chi connectivity index (χ1v) is 16.9. The highest BCUT2D eigenvalue weighted by Crippen LogP contribution is 2.34. The number of rotatable bonds is 11. The van der Waals surface area contributed by atoms with Crippen molar-refractivity contribution < 1.29 is 19.7 Å². The van der Waals surface area contributed by atoms with E-state index >= 15 is 0 Å². The van der Waals surface area contributed by atoms with Gasteiger partial charge in [-0.1, -0.05) is 35.6 Å². The minimum absolute atomic E-state index is 0.0124. The lowest BCUT2D eigenvalue weighted by molar-refractivity contribution is -0.253. The number of para-hydroxylation sites is 1. The van der Waals surface area contributed by atoms with Crippen LogP contribution in [0.1, 0.15) is 44.2 Å². The standard InChI is InChI=1S/C35H29N7O4S2/c36-19-28-32(38-16-15-37-28)23-10-12-24(13-11-23)45-18-4-9-31-29(21-46-44)40-35(48-31)42-17-14-22-5-3-6-25(26(22)20-42)33(43)41-34-39-27-7-1-2-8-30(27)47-34/h1-3,5-8,10-13,15-16,44H,4,9,14,17-18,20-21H2,(H,39,41,43). The fourth-order valence-corrected chi connectivity index (χ4v) is 7.67. The van der Waals surface area contributed by atoms with Crippen LogP contribution in [0.3, 0.4) is 0 Å². The molecule has 0 saturated carbocycles. The predicted molar refractivity (Wildman–Crippen MR) is 184 cm³/mol. The molecule has 0 fully saturated rings. The van der Waals surface area contributed by atoms with Gasteiger partial charge in [-0.2, -0.15) is 5.26 Å². The molecule has 13 heteroatoms. The van der Waals surface area contributed by atoms with Crippen LogP contribution in [0.5, 0.6) is 5.75 Å². The number of aromatic nitrogens is 4. The van der Waals surface area contributed by atoms with Gasteiger partial charge in [0.05, 0.1) is 22.5 Å².